The van der Waals surface area contributed by atoms with E-state index in [1.165, 1.54) is 25.7 Å². The zero-order valence-corrected chi connectivity index (χ0v) is 20.4. The van der Waals surface area contributed by atoms with E-state index in [-0.39, 0.29) is 12.0 Å². The van der Waals surface area contributed by atoms with Crippen LogP contribution in [-0.4, -0.2) is 49.8 Å². The minimum Gasteiger partial charge on any atom is -0.375 e. The topological polar surface area (TPSA) is 81.5 Å². The molecule has 1 aromatic carbocycles. The van der Waals surface area contributed by atoms with E-state index in [0.29, 0.717) is 47.9 Å². The molecule has 3 aliphatic rings. The minimum atomic E-state index is -0.215. The van der Waals surface area contributed by atoms with Crippen molar-refractivity contribution in [3.8, 4) is 6.07 Å². The number of morpholine rings is 1. The first-order valence-electron chi connectivity index (χ1n) is 11.6. The number of amides is 1. The van der Waals surface area contributed by atoms with E-state index in [2.05, 4.69) is 42.1 Å². The van der Waals surface area contributed by atoms with Gasteiger partial charge in [0.25, 0.3) is 5.91 Å². The Morgan fingerprint density at radius 1 is 1.18 bits per heavy atom. The van der Waals surface area contributed by atoms with Gasteiger partial charge in [0.2, 0.25) is 0 Å². The van der Waals surface area contributed by atoms with Gasteiger partial charge in [-0.2, -0.15) is 5.26 Å². The van der Waals surface area contributed by atoms with Gasteiger partial charge >= 0.3 is 0 Å². The SMILES string of the molecule is CC1CN(c2cc(C#N)cc(NC(=O)c3ccc(Br)cc3N3CCC4(CC3)CC4)n2)CCO1. The van der Waals surface area contributed by atoms with E-state index < -0.39 is 0 Å². The molecule has 5 rings (SSSR count). The van der Waals surface area contributed by atoms with Crippen molar-refractivity contribution in [3.05, 3.63) is 45.9 Å². The number of hydrogen-bond acceptors (Lipinski definition) is 6. The summed E-state index contributed by atoms with van der Waals surface area (Å²) < 4.78 is 6.58. The summed E-state index contributed by atoms with van der Waals surface area (Å²) in [7, 11) is 0. The molecule has 1 saturated carbocycles. The maximum Gasteiger partial charge on any atom is 0.258 e. The molecular weight excluding hydrogens is 482 g/mol. The normalized spacial score (nSPS) is 21.5. The fourth-order valence-electron chi connectivity index (χ4n) is 4.87. The van der Waals surface area contributed by atoms with Gasteiger partial charge in [0.05, 0.1) is 35.6 Å². The molecule has 8 heteroatoms. The highest BCUT2D eigenvalue weighted by Gasteiger charge is 2.44. The summed E-state index contributed by atoms with van der Waals surface area (Å²) in [6, 6.07) is 11.4. The zero-order valence-electron chi connectivity index (χ0n) is 18.8. The average Bonchev–Trinajstić information content (AvgIpc) is 3.57. The number of nitrogens with one attached hydrogen (secondary N) is 1. The molecule has 3 heterocycles. The fraction of sp³-hybridized carbons (Fsp3) is 0.480. The number of pyridine rings is 1. The number of nitriles is 1. The van der Waals surface area contributed by atoms with Crippen LogP contribution < -0.4 is 15.1 Å². The average molecular weight is 510 g/mol. The van der Waals surface area contributed by atoms with Gasteiger partial charge in [0, 0.05) is 30.7 Å². The highest BCUT2D eigenvalue weighted by molar-refractivity contribution is 9.10. The van der Waals surface area contributed by atoms with Crippen molar-refractivity contribution in [2.75, 3.05) is 47.9 Å². The van der Waals surface area contributed by atoms with Gasteiger partial charge in [0.15, 0.2) is 0 Å². The summed E-state index contributed by atoms with van der Waals surface area (Å²) in [5.41, 5.74) is 2.60. The molecule has 172 valence electrons. The number of hydrogen-bond donors (Lipinski definition) is 1. The van der Waals surface area contributed by atoms with Crippen molar-refractivity contribution in [1.29, 1.82) is 5.26 Å². The standard InChI is InChI=1S/C25H28BrN5O2/c1-17-16-31(10-11-33-17)23-13-18(15-27)12-22(28-23)29-24(32)20-3-2-19(26)14-21(20)30-8-6-25(4-5-25)7-9-30/h2-3,12-14,17H,4-11,16H2,1H3,(H,28,29,32). The second-order valence-corrected chi connectivity index (χ2v) is 10.4. The molecule has 2 saturated heterocycles. The molecule has 1 aliphatic carbocycles. The summed E-state index contributed by atoms with van der Waals surface area (Å²) in [4.78, 5) is 22.4. The van der Waals surface area contributed by atoms with Crippen molar-refractivity contribution < 1.29 is 9.53 Å². The van der Waals surface area contributed by atoms with Crippen molar-refractivity contribution in [2.45, 2.75) is 38.7 Å². The Morgan fingerprint density at radius 3 is 2.67 bits per heavy atom. The van der Waals surface area contributed by atoms with Crippen LogP contribution in [0.5, 0.6) is 0 Å². The molecule has 0 bridgehead atoms. The maximum atomic E-state index is 13.4. The highest BCUT2D eigenvalue weighted by Crippen LogP contribution is 2.54. The predicted octanol–water partition coefficient (Wildman–Crippen LogP) is 4.57. The Kier molecular flexibility index (Phi) is 6.02. The first-order valence-corrected chi connectivity index (χ1v) is 12.4. The molecule has 3 fully saturated rings. The largest absolute Gasteiger partial charge is 0.375 e. The van der Waals surface area contributed by atoms with Gasteiger partial charge in [-0.1, -0.05) is 15.9 Å². The van der Waals surface area contributed by atoms with Gasteiger partial charge in [-0.05, 0) is 68.4 Å². The Labute approximate surface area is 202 Å². The van der Waals surface area contributed by atoms with Gasteiger partial charge < -0.3 is 19.9 Å². The number of benzene rings is 1. The second kappa shape index (κ2) is 8.96. The van der Waals surface area contributed by atoms with Crippen molar-refractivity contribution >= 4 is 39.2 Å². The summed E-state index contributed by atoms with van der Waals surface area (Å²) in [5.74, 6) is 0.854. The fourth-order valence-corrected chi connectivity index (χ4v) is 5.22. The third-order valence-electron chi connectivity index (χ3n) is 7.07. The van der Waals surface area contributed by atoms with E-state index in [0.717, 1.165) is 23.2 Å². The number of carbonyl (C=O) groups is 1. The molecule has 33 heavy (non-hydrogen) atoms. The predicted molar refractivity (Wildman–Crippen MR) is 132 cm³/mol. The first kappa shape index (κ1) is 22.2. The molecule has 2 aromatic rings. The molecule has 7 nitrogen and oxygen atoms in total. The van der Waals surface area contributed by atoms with Crippen LogP contribution in [0.2, 0.25) is 0 Å². The monoisotopic (exact) mass is 509 g/mol. The van der Waals surface area contributed by atoms with Gasteiger partial charge in [-0.15, -0.1) is 0 Å². The Balaban J connectivity index is 1.38. The molecule has 0 radical (unpaired) electrons. The number of ether oxygens (including phenoxy) is 1. The van der Waals surface area contributed by atoms with E-state index >= 15 is 0 Å². The van der Waals surface area contributed by atoms with Gasteiger partial charge in [0.1, 0.15) is 11.6 Å². The van der Waals surface area contributed by atoms with Crippen LogP contribution in [0.25, 0.3) is 0 Å². The van der Waals surface area contributed by atoms with Gasteiger partial charge in [-0.3, -0.25) is 4.79 Å². The van der Waals surface area contributed by atoms with E-state index in [1.807, 2.05) is 25.1 Å². The molecule has 1 aromatic heterocycles. The smallest absolute Gasteiger partial charge is 0.258 e. The molecule has 2 aliphatic heterocycles. The second-order valence-electron chi connectivity index (χ2n) is 9.44. The minimum absolute atomic E-state index is 0.0916. The van der Waals surface area contributed by atoms with Gasteiger partial charge in [-0.25, -0.2) is 4.98 Å². The third-order valence-corrected chi connectivity index (χ3v) is 7.57. The number of halogens is 1. The summed E-state index contributed by atoms with van der Waals surface area (Å²) >= 11 is 3.57. The lowest BCUT2D eigenvalue weighted by molar-refractivity contribution is 0.0529. The first-order chi connectivity index (χ1) is 15.9. The van der Waals surface area contributed by atoms with Crippen LogP contribution in [0.4, 0.5) is 17.3 Å². The lowest BCUT2D eigenvalue weighted by Gasteiger charge is -2.35. The van der Waals surface area contributed by atoms with Crippen molar-refractivity contribution in [2.24, 2.45) is 5.41 Å². The van der Waals surface area contributed by atoms with Crippen molar-refractivity contribution in [1.82, 2.24) is 4.98 Å². The number of rotatable bonds is 4. The number of aromatic nitrogens is 1. The Bertz CT molecular complexity index is 1100. The van der Waals surface area contributed by atoms with Crippen LogP contribution in [0.1, 0.15) is 48.5 Å². The number of carbonyl (C=O) groups excluding carboxylic acids is 1. The summed E-state index contributed by atoms with van der Waals surface area (Å²) in [6.45, 7) is 5.97. The van der Waals surface area contributed by atoms with Crippen LogP contribution >= 0.6 is 15.9 Å². The number of anilines is 3. The van der Waals surface area contributed by atoms with E-state index in [9.17, 15) is 10.1 Å². The number of piperidine rings is 1. The van der Waals surface area contributed by atoms with Crippen LogP contribution in [0.3, 0.4) is 0 Å². The van der Waals surface area contributed by atoms with E-state index in [4.69, 9.17) is 4.74 Å². The molecule has 1 atom stereocenters. The lowest BCUT2D eigenvalue weighted by Crippen LogP contribution is -2.41. The molecular formula is C25H28BrN5O2. The Morgan fingerprint density at radius 2 is 1.97 bits per heavy atom. The summed E-state index contributed by atoms with van der Waals surface area (Å²) in [6.07, 6.45) is 5.16. The highest BCUT2D eigenvalue weighted by atomic mass is 79.9. The summed E-state index contributed by atoms with van der Waals surface area (Å²) in [5, 5.41) is 12.5. The van der Waals surface area contributed by atoms with Crippen LogP contribution in [0, 0.1) is 16.7 Å². The van der Waals surface area contributed by atoms with Crippen molar-refractivity contribution in [3.63, 3.8) is 0 Å². The zero-order chi connectivity index (χ0) is 23.0. The quantitative estimate of drug-likeness (QED) is 0.649. The third kappa shape index (κ3) is 4.85. The molecule has 1 amide bonds. The van der Waals surface area contributed by atoms with Crippen LogP contribution in [0.15, 0.2) is 34.8 Å². The number of nitrogens with zero attached hydrogens (tertiary/aromatic N) is 4. The van der Waals surface area contributed by atoms with E-state index in [1.54, 1.807) is 12.1 Å². The van der Waals surface area contributed by atoms with Crippen LogP contribution in [-0.2, 0) is 4.74 Å². The molecule has 1 spiro atoms. The maximum absolute atomic E-state index is 13.4. The Hall–Kier alpha value is -2.63. The molecule has 1 unspecified atom stereocenters. The lowest BCUT2D eigenvalue weighted by atomic mass is 9.93. The molecule has 1 N–H and O–H groups in total.